The minimum atomic E-state index is -3.44. The minimum absolute atomic E-state index is 0.0805. The molecule has 0 unspecified atom stereocenters. The summed E-state index contributed by atoms with van der Waals surface area (Å²) < 4.78 is 27.6. The van der Waals surface area contributed by atoms with Gasteiger partial charge in [-0.05, 0) is 55.1 Å². The Labute approximate surface area is 177 Å². The molecule has 1 aromatic heterocycles. The second-order valence-corrected chi connectivity index (χ2v) is 10.6. The number of aromatic nitrogens is 1. The number of benzene rings is 2. The number of rotatable bonds is 6. The zero-order chi connectivity index (χ0) is 20.3. The summed E-state index contributed by atoms with van der Waals surface area (Å²) >= 11 is 8.90. The number of sulfone groups is 1. The second-order valence-electron chi connectivity index (χ2n) is 6.16. The number of hydrogen-bond acceptors (Lipinski definition) is 5. The Kier molecular flexibility index (Phi) is 6.65. The van der Waals surface area contributed by atoms with Crippen LogP contribution in [0.1, 0.15) is 12.8 Å². The molecule has 0 saturated carbocycles. The summed E-state index contributed by atoms with van der Waals surface area (Å²) in [6.45, 7) is 0. The molecule has 1 heterocycles. The number of thioether (sulfide) groups is 1. The molecule has 0 atom stereocenters. The Morgan fingerprint density at radius 2 is 1.93 bits per heavy atom. The van der Waals surface area contributed by atoms with Crippen molar-refractivity contribution in [1.82, 2.24) is 4.57 Å². The third-order valence-electron chi connectivity index (χ3n) is 4.21. The fourth-order valence-corrected chi connectivity index (χ4v) is 5.71. The predicted octanol–water partition coefficient (Wildman–Crippen LogP) is 4.30. The number of thiazole rings is 1. The first-order valence-electron chi connectivity index (χ1n) is 8.49. The number of carbonyl (C=O) groups is 1. The normalized spacial score (nSPS) is 12.6. The lowest BCUT2D eigenvalue weighted by molar-refractivity contribution is -0.118. The summed E-state index contributed by atoms with van der Waals surface area (Å²) in [5.41, 5.74) is 1.01. The fraction of sp³-hybridized carbons (Fsp3) is 0.263. The van der Waals surface area contributed by atoms with Gasteiger partial charge in [-0.25, -0.2) is 8.42 Å². The molecular formula is C19H19ClN2O3S3. The standard InChI is InChI=1S/C19H19ClN2O3S3/c1-22-16-10-7-14(26-2)12-17(16)27-19(22)21-18(23)4-3-11-28(24,25)15-8-5-13(20)6-9-15/h5-10,12H,3-4,11H2,1-2H3. The average molecular weight is 455 g/mol. The average Bonchev–Trinajstić information content (AvgIpc) is 2.96. The zero-order valence-electron chi connectivity index (χ0n) is 15.4. The Balaban J connectivity index is 1.69. The number of carbonyl (C=O) groups excluding carboxylic acids is 1. The molecule has 0 fully saturated rings. The van der Waals surface area contributed by atoms with Crippen LogP contribution in [0.4, 0.5) is 0 Å². The molecule has 0 N–H and O–H groups in total. The van der Waals surface area contributed by atoms with E-state index in [9.17, 15) is 13.2 Å². The Morgan fingerprint density at radius 3 is 2.61 bits per heavy atom. The maximum absolute atomic E-state index is 12.3. The minimum Gasteiger partial charge on any atom is -0.319 e. The maximum Gasteiger partial charge on any atom is 0.248 e. The van der Waals surface area contributed by atoms with Gasteiger partial charge < -0.3 is 4.57 Å². The molecule has 3 aromatic rings. The van der Waals surface area contributed by atoms with E-state index in [0.29, 0.717) is 9.82 Å². The first kappa shape index (κ1) is 21.1. The number of aryl methyl sites for hydroxylation is 1. The number of fused-ring (bicyclic) bond motifs is 1. The van der Waals surface area contributed by atoms with Crippen molar-refractivity contribution in [3.63, 3.8) is 0 Å². The molecule has 1 amide bonds. The van der Waals surface area contributed by atoms with Crippen molar-refractivity contribution in [2.45, 2.75) is 22.6 Å². The van der Waals surface area contributed by atoms with Crippen LogP contribution in [0.25, 0.3) is 10.2 Å². The van der Waals surface area contributed by atoms with Gasteiger partial charge in [0, 0.05) is 23.4 Å². The highest BCUT2D eigenvalue weighted by molar-refractivity contribution is 7.98. The van der Waals surface area contributed by atoms with E-state index in [2.05, 4.69) is 11.1 Å². The molecule has 0 aliphatic carbocycles. The summed E-state index contributed by atoms with van der Waals surface area (Å²) in [7, 11) is -1.57. The smallest absolute Gasteiger partial charge is 0.248 e. The third-order valence-corrected chi connectivity index (χ3v) is 8.10. The van der Waals surface area contributed by atoms with Crippen molar-refractivity contribution in [3.8, 4) is 0 Å². The van der Waals surface area contributed by atoms with Gasteiger partial charge >= 0.3 is 0 Å². The maximum atomic E-state index is 12.3. The van der Waals surface area contributed by atoms with Crippen LogP contribution < -0.4 is 4.80 Å². The van der Waals surface area contributed by atoms with Gasteiger partial charge in [0.1, 0.15) is 0 Å². The van der Waals surface area contributed by atoms with Crippen molar-refractivity contribution in [2.75, 3.05) is 12.0 Å². The molecule has 0 spiro atoms. The molecule has 5 nitrogen and oxygen atoms in total. The van der Waals surface area contributed by atoms with Gasteiger partial charge in [0.15, 0.2) is 14.6 Å². The van der Waals surface area contributed by atoms with Crippen molar-refractivity contribution >= 4 is 60.7 Å². The van der Waals surface area contributed by atoms with Crippen LogP contribution in [0.5, 0.6) is 0 Å². The zero-order valence-corrected chi connectivity index (χ0v) is 18.6. The number of halogens is 1. The van der Waals surface area contributed by atoms with Gasteiger partial charge in [-0.2, -0.15) is 4.99 Å². The van der Waals surface area contributed by atoms with Gasteiger partial charge in [-0.1, -0.05) is 22.9 Å². The van der Waals surface area contributed by atoms with Crippen molar-refractivity contribution in [2.24, 2.45) is 12.0 Å². The van der Waals surface area contributed by atoms with E-state index in [1.54, 1.807) is 23.9 Å². The lowest BCUT2D eigenvalue weighted by atomic mass is 10.3. The van der Waals surface area contributed by atoms with E-state index < -0.39 is 9.84 Å². The van der Waals surface area contributed by atoms with Gasteiger partial charge in [0.05, 0.1) is 20.9 Å². The Bertz CT molecular complexity index is 1180. The molecule has 0 radical (unpaired) electrons. The Hall–Kier alpha value is -1.61. The number of amides is 1. The summed E-state index contributed by atoms with van der Waals surface area (Å²) in [6.07, 6.45) is 2.32. The summed E-state index contributed by atoms with van der Waals surface area (Å²) in [5.74, 6) is -0.426. The van der Waals surface area contributed by atoms with E-state index in [1.165, 1.54) is 23.5 Å². The molecule has 3 rings (SSSR count). The summed E-state index contributed by atoms with van der Waals surface area (Å²) in [4.78, 5) is 18.4. The fourth-order valence-electron chi connectivity index (χ4n) is 2.68. The van der Waals surface area contributed by atoms with E-state index in [1.807, 2.05) is 30.0 Å². The van der Waals surface area contributed by atoms with Crippen LogP contribution in [0.3, 0.4) is 0 Å². The molecule has 0 saturated heterocycles. The van der Waals surface area contributed by atoms with Gasteiger partial charge in [-0.3, -0.25) is 4.79 Å². The van der Waals surface area contributed by atoms with E-state index >= 15 is 0 Å². The van der Waals surface area contributed by atoms with Crippen molar-refractivity contribution in [1.29, 1.82) is 0 Å². The van der Waals surface area contributed by atoms with Gasteiger partial charge in [0.2, 0.25) is 5.91 Å². The van der Waals surface area contributed by atoms with Crippen LogP contribution in [0.2, 0.25) is 5.02 Å². The van der Waals surface area contributed by atoms with E-state index in [0.717, 1.165) is 15.1 Å². The second kappa shape index (κ2) is 8.82. The van der Waals surface area contributed by atoms with Crippen LogP contribution in [0.15, 0.2) is 57.2 Å². The van der Waals surface area contributed by atoms with Gasteiger partial charge in [-0.15, -0.1) is 11.8 Å². The summed E-state index contributed by atoms with van der Waals surface area (Å²) in [6, 6.07) is 12.2. The highest BCUT2D eigenvalue weighted by atomic mass is 35.5. The Morgan fingerprint density at radius 1 is 1.21 bits per heavy atom. The quantitative estimate of drug-likeness (QED) is 0.521. The highest BCUT2D eigenvalue weighted by Crippen LogP contribution is 2.23. The highest BCUT2D eigenvalue weighted by Gasteiger charge is 2.15. The molecule has 0 aliphatic rings. The predicted molar refractivity (Wildman–Crippen MR) is 116 cm³/mol. The van der Waals surface area contributed by atoms with E-state index in [4.69, 9.17) is 11.6 Å². The third kappa shape index (κ3) is 4.86. The van der Waals surface area contributed by atoms with Crippen LogP contribution in [-0.4, -0.2) is 30.9 Å². The molecule has 148 valence electrons. The van der Waals surface area contributed by atoms with Crippen LogP contribution in [0, 0.1) is 0 Å². The molecule has 0 bridgehead atoms. The number of nitrogens with zero attached hydrogens (tertiary/aromatic N) is 2. The first-order chi connectivity index (χ1) is 13.3. The molecule has 28 heavy (non-hydrogen) atoms. The van der Waals surface area contributed by atoms with Crippen LogP contribution >= 0.6 is 34.7 Å². The topological polar surface area (TPSA) is 68.5 Å². The molecule has 0 aliphatic heterocycles. The van der Waals surface area contributed by atoms with Crippen LogP contribution in [-0.2, 0) is 21.7 Å². The summed E-state index contributed by atoms with van der Waals surface area (Å²) in [5, 5.41) is 0.480. The number of hydrogen-bond donors (Lipinski definition) is 0. The largest absolute Gasteiger partial charge is 0.319 e. The molecular weight excluding hydrogens is 436 g/mol. The first-order valence-corrected chi connectivity index (χ1v) is 12.6. The SMILES string of the molecule is CSc1ccc2c(c1)sc(=NC(=O)CCCS(=O)(=O)c1ccc(Cl)cc1)n2C. The van der Waals surface area contributed by atoms with Gasteiger partial charge in [0.25, 0.3) is 0 Å². The van der Waals surface area contributed by atoms with E-state index in [-0.39, 0.29) is 29.4 Å². The monoisotopic (exact) mass is 454 g/mol. The van der Waals surface area contributed by atoms with Crippen molar-refractivity contribution in [3.05, 3.63) is 52.3 Å². The lowest BCUT2D eigenvalue weighted by Gasteiger charge is -2.03. The molecule has 2 aromatic carbocycles. The van der Waals surface area contributed by atoms with Crippen molar-refractivity contribution < 1.29 is 13.2 Å². The molecule has 9 heteroatoms. The lowest BCUT2D eigenvalue weighted by Crippen LogP contribution is -2.14.